The van der Waals surface area contributed by atoms with E-state index in [1.165, 1.54) is 0 Å². The molecule has 1 N–H and O–H groups in total. The van der Waals surface area contributed by atoms with Crippen LogP contribution in [-0.4, -0.2) is 46.5 Å². The SMILES string of the molecule is CN(C)CCSc1nnc(-c2c[nH]c3ccccc23)o1. The molecule has 0 unspecified atom stereocenters. The Labute approximate surface area is 121 Å². The van der Waals surface area contributed by atoms with Gasteiger partial charge in [-0.3, -0.25) is 0 Å². The summed E-state index contributed by atoms with van der Waals surface area (Å²) in [5, 5.41) is 9.94. The standard InChI is InChI=1S/C14H16N4OS/c1-18(2)7-8-20-14-17-16-13(19-14)11-9-15-12-6-4-3-5-10(11)12/h3-6,9,15H,7-8H2,1-2H3. The molecule has 0 amide bonds. The van der Waals surface area contributed by atoms with Crippen molar-refractivity contribution in [3.63, 3.8) is 0 Å². The molecule has 6 heteroatoms. The molecule has 0 bridgehead atoms. The maximum absolute atomic E-state index is 5.72. The van der Waals surface area contributed by atoms with Gasteiger partial charge in [-0.05, 0) is 20.2 Å². The lowest BCUT2D eigenvalue weighted by Gasteiger charge is -2.06. The number of thioether (sulfide) groups is 1. The van der Waals surface area contributed by atoms with Crippen LogP contribution in [0.15, 0.2) is 40.1 Å². The zero-order valence-corrected chi connectivity index (χ0v) is 12.3. The maximum Gasteiger partial charge on any atom is 0.276 e. The van der Waals surface area contributed by atoms with Crippen LogP contribution in [0, 0.1) is 0 Å². The van der Waals surface area contributed by atoms with Crippen LogP contribution < -0.4 is 0 Å². The van der Waals surface area contributed by atoms with E-state index in [1.807, 2.05) is 44.6 Å². The monoisotopic (exact) mass is 288 g/mol. The van der Waals surface area contributed by atoms with Crippen molar-refractivity contribution in [1.29, 1.82) is 0 Å². The minimum absolute atomic E-state index is 0.565. The Morgan fingerprint density at radius 3 is 2.95 bits per heavy atom. The third-order valence-corrected chi connectivity index (χ3v) is 3.79. The van der Waals surface area contributed by atoms with Crippen molar-refractivity contribution >= 4 is 22.7 Å². The second-order valence-corrected chi connectivity index (χ2v) is 5.82. The van der Waals surface area contributed by atoms with E-state index in [4.69, 9.17) is 4.42 Å². The number of aromatic nitrogens is 3. The summed E-state index contributed by atoms with van der Waals surface area (Å²) in [4.78, 5) is 5.34. The largest absolute Gasteiger partial charge is 0.411 e. The van der Waals surface area contributed by atoms with Gasteiger partial charge in [0.2, 0.25) is 0 Å². The van der Waals surface area contributed by atoms with Gasteiger partial charge in [-0.25, -0.2) is 0 Å². The molecule has 0 fully saturated rings. The molecule has 2 aromatic heterocycles. The van der Waals surface area contributed by atoms with Gasteiger partial charge in [-0.2, -0.15) is 0 Å². The fourth-order valence-electron chi connectivity index (χ4n) is 1.94. The van der Waals surface area contributed by atoms with Crippen LogP contribution in [0.25, 0.3) is 22.4 Å². The summed E-state index contributed by atoms with van der Waals surface area (Å²) < 4.78 is 5.72. The molecular formula is C14H16N4OS. The number of benzene rings is 1. The number of aromatic amines is 1. The van der Waals surface area contributed by atoms with Gasteiger partial charge in [0.25, 0.3) is 11.1 Å². The second kappa shape index (κ2) is 5.68. The normalized spacial score (nSPS) is 11.6. The average molecular weight is 288 g/mol. The van der Waals surface area contributed by atoms with E-state index in [1.54, 1.807) is 11.8 Å². The predicted octanol–water partition coefficient (Wildman–Crippen LogP) is 2.87. The van der Waals surface area contributed by atoms with Crippen LogP contribution in [0.1, 0.15) is 0 Å². The van der Waals surface area contributed by atoms with Gasteiger partial charge in [0.1, 0.15) is 0 Å². The molecule has 2 heterocycles. The highest BCUT2D eigenvalue weighted by Crippen LogP contribution is 2.29. The van der Waals surface area contributed by atoms with Crippen molar-refractivity contribution in [3.05, 3.63) is 30.5 Å². The number of hydrogen-bond donors (Lipinski definition) is 1. The van der Waals surface area contributed by atoms with Gasteiger partial charge in [-0.1, -0.05) is 30.0 Å². The van der Waals surface area contributed by atoms with Crippen LogP contribution in [-0.2, 0) is 0 Å². The first-order valence-electron chi connectivity index (χ1n) is 6.41. The first kappa shape index (κ1) is 13.2. The number of H-pyrrole nitrogens is 1. The molecule has 1 aromatic carbocycles. The van der Waals surface area contributed by atoms with Gasteiger partial charge in [0, 0.05) is 29.4 Å². The number of rotatable bonds is 5. The van der Waals surface area contributed by atoms with E-state index in [2.05, 4.69) is 20.1 Å². The van der Waals surface area contributed by atoms with Crippen molar-refractivity contribution < 1.29 is 4.42 Å². The summed E-state index contributed by atoms with van der Waals surface area (Å²) in [5.41, 5.74) is 2.02. The summed E-state index contributed by atoms with van der Waals surface area (Å²) in [6, 6.07) is 8.08. The molecule has 3 aromatic rings. The Bertz CT molecular complexity index is 704. The van der Waals surface area contributed by atoms with Crippen molar-refractivity contribution in [1.82, 2.24) is 20.1 Å². The number of nitrogens with zero attached hydrogens (tertiary/aromatic N) is 3. The molecule has 20 heavy (non-hydrogen) atoms. The first-order valence-corrected chi connectivity index (χ1v) is 7.40. The zero-order chi connectivity index (χ0) is 13.9. The Morgan fingerprint density at radius 2 is 2.10 bits per heavy atom. The highest BCUT2D eigenvalue weighted by molar-refractivity contribution is 7.99. The molecule has 0 saturated heterocycles. The van der Waals surface area contributed by atoms with E-state index in [9.17, 15) is 0 Å². The van der Waals surface area contributed by atoms with Crippen LogP contribution in [0.2, 0.25) is 0 Å². The quantitative estimate of drug-likeness (QED) is 0.732. The fraction of sp³-hybridized carbons (Fsp3) is 0.286. The maximum atomic E-state index is 5.72. The van der Waals surface area contributed by atoms with Crippen molar-refractivity contribution in [2.24, 2.45) is 0 Å². The van der Waals surface area contributed by atoms with Crippen LogP contribution in [0.4, 0.5) is 0 Å². The Balaban J connectivity index is 1.79. The van der Waals surface area contributed by atoms with Crippen LogP contribution in [0.3, 0.4) is 0 Å². The molecule has 0 spiro atoms. The number of nitrogens with one attached hydrogen (secondary N) is 1. The molecule has 0 atom stereocenters. The lowest BCUT2D eigenvalue weighted by molar-refractivity contribution is 0.434. The highest BCUT2D eigenvalue weighted by atomic mass is 32.2. The summed E-state index contributed by atoms with van der Waals surface area (Å²) in [7, 11) is 4.09. The van der Waals surface area contributed by atoms with E-state index in [0.717, 1.165) is 28.8 Å². The van der Waals surface area contributed by atoms with Crippen LogP contribution >= 0.6 is 11.8 Å². The Morgan fingerprint density at radius 1 is 1.25 bits per heavy atom. The number of fused-ring (bicyclic) bond motifs is 1. The molecule has 0 saturated carbocycles. The van der Waals surface area contributed by atoms with Gasteiger partial charge in [0.15, 0.2) is 0 Å². The second-order valence-electron chi connectivity index (χ2n) is 4.77. The summed E-state index contributed by atoms with van der Waals surface area (Å²) in [6.07, 6.45) is 1.91. The molecule has 0 radical (unpaired) electrons. The minimum Gasteiger partial charge on any atom is -0.411 e. The molecule has 5 nitrogen and oxygen atoms in total. The summed E-state index contributed by atoms with van der Waals surface area (Å²) in [5.74, 6) is 1.50. The lowest BCUT2D eigenvalue weighted by atomic mass is 10.2. The molecule has 0 aliphatic heterocycles. The molecule has 0 aliphatic carbocycles. The van der Waals surface area contributed by atoms with E-state index >= 15 is 0 Å². The average Bonchev–Trinajstić information content (AvgIpc) is 3.04. The van der Waals surface area contributed by atoms with Gasteiger partial charge in [0.05, 0.1) is 5.56 Å². The van der Waals surface area contributed by atoms with E-state index in [-0.39, 0.29) is 0 Å². The number of para-hydroxylation sites is 1. The third kappa shape index (κ3) is 2.71. The summed E-state index contributed by atoms with van der Waals surface area (Å²) in [6.45, 7) is 0.982. The molecule has 3 rings (SSSR count). The fourth-order valence-corrected chi connectivity index (χ4v) is 2.81. The van der Waals surface area contributed by atoms with E-state index in [0.29, 0.717) is 11.1 Å². The summed E-state index contributed by atoms with van der Waals surface area (Å²) >= 11 is 1.58. The first-order chi connectivity index (χ1) is 9.74. The molecular weight excluding hydrogens is 272 g/mol. The zero-order valence-electron chi connectivity index (χ0n) is 11.5. The molecule has 104 valence electrons. The van der Waals surface area contributed by atoms with Crippen LogP contribution in [0.5, 0.6) is 0 Å². The Kier molecular flexibility index (Phi) is 3.75. The smallest absolute Gasteiger partial charge is 0.276 e. The molecule has 0 aliphatic rings. The number of hydrogen-bond acceptors (Lipinski definition) is 5. The van der Waals surface area contributed by atoms with Gasteiger partial charge in [-0.15, -0.1) is 10.2 Å². The van der Waals surface area contributed by atoms with Gasteiger partial charge >= 0.3 is 0 Å². The third-order valence-electron chi connectivity index (χ3n) is 2.99. The lowest BCUT2D eigenvalue weighted by Crippen LogP contribution is -2.14. The Hall–Kier alpha value is -1.79. The highest BCUT2D eigenvalue weighted by Gasteiger charge is 2.13. The van der Waals surface area contributed by atoms with Crippen molar-refractivity contribution in [2.75, 3.05) is 26.4 Å². The van der Waals surface area contributed by atoms with Crippen molar-refractivity contribution in [3.8, 4) is 11.5 Å². The predicted molar refractivity (Wildman–Crippen MR) is 80.9 cm³/mol. The van der Waals surface area contributed by atoms with Gasteiger partial charge < -0.3 is 14.3 Å². The van der Waals surface area contributed by atoms with E-state index < -0.39 is 0 Å². The minimum atomic E-state index is 0.565. The topological polar surface area (TPSA) is 58.0 Å². The van der Waals surface area contributed by atoms with Crippen molar-refractivity contribution in [2.45, 2.75) is 5.22 Å².